The molecule has 23 heavy (non-hydrogen) atoms. The number of halogens is 1. The smallest absolute Gasteiger partial charge is 0.326 e. The third-order valence-electron chi connectivity index (χ3n) is 2.97. The fourth-order valence-electron chi connectivity index (χ4n) is 1.83. The number of benzene rings is 1. The maximum atomic E-state index is 13.0. The van der Waals surface area contributed by atoms with E-state index in [9.17, 15) is 18.8 Å². The molecule has 1 aromatic heterocycles. The summed E-state index contributed by atoms with van der Waals surface area (Å²) in [6.45, 7) is 1.09. The van der Waals surface area contributed by atoms with Gasteiger partial charge in [0.2, 0.25) is 0 Å². The van der Waals surface area contributed by atoms with Crippen LogP contribution in [-0.4, -0.2) is 22.5 Å². The predicted octanol–water partition coefficient (Wildman–Crippen LogP) is 1.56. The van der Waals surface area contributed by atoms with Crippen LogP contribution in [0.2, 0.25) is 0 Å². The van der Waals surface area contributed by atoms with Crippen molar-refractivity contribution in [3.05, 3.63) is 64.8 Å². The van der Waals surface area contributed by atoms with E-state index in [1.807, 2.05) is 0 Å². The SMILES string of the molecule is C[C@H](OC(=O)Cn1ccccc1=O)C(=O)Nc1cccc(F)c1. The van der Waals surface area contributed by atoms with E-state index >= 15 is 0 Å². The summed E-state index contributed by atoms with van der Waals surface area (Å²) in [7, 11) is 0. The Hall–Kier alpha value is -2.96. The number of esters is 1. The number of rotatable bonds is 5. The van der Waals surface area contributed by atoms with Crippen LogP contribution in [0.15, 0.2) is 53.5 Å². The number of carbonyl (C=O) groups is 2. The van der Waals surface area contributed by atoms with E-state index in [2.05, 4.69) is 5.32 Å². The predicted molar refractivity (Wildman–Crippen MR) is 81.3 cm³/mol. The summed E-state index contributed by atoms with van der Waals surface area (Å²) in [6.07, 6.45) is 0.367. The van der Waals surface area contributed by atoms with E-state index in [1.54, 1.807) is 12.1 Å². The van der Waals surface area contributed by atoms with E-state index < -0.39 is 23.8 Å². The van der Waals surface area contributed by atoms with Gasteiger partial charge in [0.05, 0.1) is 0 Å². The lowest BCUT2D eigenvalue weighted by Crippen LogP contribution is -2.32. The van der Waals surface area contributed by atoms with Crippen LogP contribution in [0.4, 0.5) is 10.1 Å². The maximum absolute atomic E-state index is 13.0. The Kier molecular flexibility index (Phi) is 5.24. The fraction of sp³-hybridized carbons (Fsp3) is 0.188. The van der Waals surface area contributed by atoms with Gasteiger partial charge in [-0.05, 0) is 31.2 Å². The van der Waals surface area contributed by atoms with Crippen molar-refractivity contribution >= 4 is 17.6 Å². The van der Waals surface area contributed by atoms with Crippen molar-refractivity contribution in [2.45, 2.75) is 19.6 Å². The number of anilines is 1. The van der Waals surface area contributed by atoms with Gasteiger partial charge in [-0.15, -0.1) is 0 Å². The molecule has 0 saturated carbocycles. The Morgan fingerprint density at radius 1 is 1.26 bits per heavy atom. The number of aromatic nitrogens is 1. The zero-order valence-corrected chi connectivity index (χ0v) is 12.4. The van der Waals surface area contributed by atoms with E-state index in [1.165, 1.54) is 42.0 Å². The Labute approximate surface area is 131 Å². The molecule has 0 aliphatic rings. The van der Waals surface area contributed by atoms with Crippen LogP contribution >= 0.6 is 0 Å². The molecule has 1 N–H and O–H groups in total. The van der Waals surface area contributed by atoms with Crippen LogP contribution in [-0.2, 0) is 20.9 Å². The van der Waals surface area contributed by atoms with Gasteiger partial charge in [0.25, 0.3) is 11.5 Å². The summed E-state index contributed by atoms with van der Waals surface area (Å²) in [4.78, 5) is 35.2. The molecule has 1 atom stereocenters. The lowest BCUT2D eigenvalue weighted by molar-refractivity contribution is -0.153. The summed E-state index contributed by atoms with van der Waals surface area (Å²) in [6, 6.07) is 9.83. The standard InChI is InChI=1S/C16H15FN2O4/c1-11(16(22)18-13-6-4-5-12(17)9-13)23-15(21)10-19-8-3-2-7-14(19)20/h2-9,11H,10H2,1H3,(H,18,22)/t11-/m0/s1. The van der Waals surface area contributed by atoms with Crippen molar-refractivity contribution in [2.24, 2.45) is 0 Å². The topological polar surface area (TPSA) is 77.4 Å². The second-order valence-corrected chi connectivity index (χ2v) is 4.80. The molecule has 1 heterocycles. The van der Waals surface area contributed by atoms with Gasteiger partial charge in [-0.3, -0.25) is 14.4 Å². The summed E-state index contributed by atoms with van der Waals surface area (Å²) < 4.78 is 19.2. The number of hydrogen-bond donors (Lipinski definition) is 1. The molecule has 1 amide bonds. The second-order valence-electron chi connectivity index (χ2n) is 4.80. The van der Waals surface area contributed by atoms with Crippen molar-refractivity contribution < 1.29 is 18.7 Å². The summed E-state index contributed by atoms with van der Waals surface area (Å²) in [5.41, 5.74) is -0.0847. The number of ether oxygens (including phenoxy) is 1. The molecule has 7 heteroatoms. The van der Waals surface area contributed by atoms with Gasteiger partial charge in [-0.2, -0.15) is 0 Å². The number of nitrogens with one attached hydrogen (secondary N) is 1. The second kappa shape index (κ2) is 7.35. The number of hydrogen-bond acceptors (Lipinski definition) is 4. The van der Waals surface area contributed by atoms with Gasteiger partial charge >= 0.3 is 5.97 Å². The lowest BCUT2D eigenvalue weighted by Gasteiger charge is -2.14. The lowest BCUT2D eigenvalue weighted by atomic mass is 10.3. The molecule has 1 aromatic carbocycles. The van der Waals surface area contributed by atoms with Gasteiger partial charge in [0.1, 0.15) is 12.4 Å². The summed E-state index contributed by atoms with van der Waals surface area (Å²) in [5.74, 6) is -1.81. The molecule has 0 aliphatic heterocycles. The molecule has 120 valence electrons. The maximum Gasteiger partial charge on any atom is 0.326 e. The van der Waals surface area contributed by atoms with Crippen LogP contribution in [0.1, 0.15) is 6.92 Å². The Bertz CT molecular complexity index is 772. The fourth-order valence-corrected chi connectivity index (χ4v) is 1.83. The van der Waals surface area contributed by atoms with Crippen LogP contribution in [0.25, 0.3) is 0 Å². The molecule has 0 fully saturated rings. The van der Waals surface area contributed by atoms with Crippen LogP contribution in [0.5, 0.6) is 0 Å². The van der Waals surface area contributed by atoms with E-state index in [0.29, 0.717) is 0 Å². The average molecular weight is 318 g/mol. The van der Waals surface area contributed by atoms with Crippen molar-refractivity contribution in [3.8, 4) is 0 Å². The van der Waals surface area contributed by atoms with Gasteiger partial charge < -0.3 is 14.6 Å². The highest BCUT2D eigenvalue weighted by atomic mass is 19.1. The minimum atomic E-state index is -1.08. The molecule has 0 unspecified atom stereocenters. The number of nitrogens with zero attached hydrogens (tertiary/aromatic N) is 1. The molecule has 0 bridgehead atoms. The number of carbonyl (C=O) groups excluding carboxylic acids is 2. The third kappa shape index (κ3) is 4.77. The first-order valence-electron chi connectivity index (χ1n) is 6.87. The number of amides is 1. The first-order chi connectivity index (χ1) is 11.0. The van der Waals surface area contributed by atoms with Gasteiger partial charge in [-0.1, -0.05) is 12.1 Å². The molecule has 2 aromatic rings. The Balaban J connectivity index is 1.91. The first-order valence-corrected chi connectivity index (χ1v) is 6.87. The molecule has 2 rings (SSSR count). The van der Waals surface area contributed by atoms with E-state index in [0.717, 1.165) is 6.07 Å². The highest BCUT2D eigenvalue weighted by Gasteiger charge is 2.18. The first kappa shape index (κ1) is 16.4. The average Bonchev–Trinajstić information content (AvgIpc) is 2.49. The van der Waals surface area contributed by atoms with Crippen molar-refractivity contribution in [3.63, 3.8) is 0 Å². The molecular formula is C16H15FN2O4. The monoisotopic (exact) mass is 318 g/mol. The quantitative estimate of drug-likeness (QED) is 0.849. The minimum absolute atomic E-state index is 0.261. The third-order valence-corrected chi connectivity index (χ3v) is 2.97. The van der Waals surface area contributed by atoms with Crippen molar-refractivity contribution in [1.82, 2.24) is 4.57 Å². The van der Waals surface area contributed by atoms with Crippen LogP contribution in [0.3, 0.4) is 0 Å². The van der Waals surface area contributed by atoms with Gasteiger partial charge in [0.15, 0.2) is 6.10 Å². The van der Waals surface area contributed by atoms with Crippen LogP contribution < -0.4 is 10.9 Å². The Morgan fingerprint density at radius 3 is 2.74 bits per heavy atom. The molecule has 0 radical (unpaired) electrons. The van der Waals surface area contributed by atoms with E-state index in [4.69, 9.17) is 4.74 Å². The molecule has 0 aliphatic carbocycles. The van der Waals surface area contributed by atoms with Crippen molar-refractivity contribution in [2.75, 3.05) is 5.32 Å². The zero-order chi connectivity index (χ0) is 16.8. The van der Waals surface area contributed by atoms with Crippen molar-refractivity contribution in [1.29, 1.82) is 0 Å². The zero-order valence-electron chi connectivity index (χ0n) is 12.4. The summed E-state index contributed by atoms with van der Waals surface area (Å²) in [5, 5.41) is 2.44. The van der Waals surface area contributed by atoms with Gasteiger partial charge in [-0.25, -0.2) is 4.39 Å². The Morgan fingerprint density at radius 2 is 2.04 bits per heavy atom. The van der Waals surface area contributed by atoms with Crippen LogP contribution in [0, 0.1) is 5.82 Å². The molecule has 0 saturated heterocycles. The highest BCUT2D eigenvalue weighted by molar-refractivity contribution is 5.95. The van der Waals surface area contributed by atoms with E-state index in [-0.39, 0.29) is 17.8 Å². The van der Waals surface area contributed by atoms with Gasteiger partial charge in [0, 0.05) is 18.0 Å². The normalized spacial score (nSPS) is 11.6. The molecule has 6 nitrogen and oxygen atoms in total. The number of pyridine rings is 1. The summed E-state index contributed by atoms with van der Waals surface area (Å²) >= 11 is 0. The molecule has 0 spiro atoms. The largest absolute Gasteiger partial charge is 0.451 e. The highest BCUT2D eigenvalue weighted by Crippen LogP contribution is 2.10. The molecular weight excluding hydrogens is 303 g/mol. The minimum Gasteiger partial charge on any atom is -0.451 e.